The number of carbonyl (C=O) groups excluding carboxylic acids is 2. The molecule has 4 heterocycles. The van der Waals surface area contributed by atoms with Crippen LogP contribution in [-0.4, -0.2) is 52.9 Å². The van der Waals surface area contributed by atoms with Crippen LogP contribution in [0.25, 0.3) is 0 Å². The van der Waals surface area contributed by atoms with Gasteiger partial charge in [-0.15, -0.1) is 0 Å². The van der Waals surface area contributed by atoms with Gasteiger partial charge in [-0.2, -0.15) is 0 Å². The molecule has 0 aliphatic carbocycles. The summed E-state index contributed by atoms with van der Waals surface area (Å²) in [5.74, 6) is 0.0544. The Morgan fingerprint density at radius 3 is 2.66 bits per heavy atom. The molecular formula is C21H21N5O3. The Bertz CT molecular complexity index is 967. The van der Waals surface area contributed by atoms with Crippen molar-refractivity contribution in [2.45, 2.75) is 6.54 Å². The third-order valence-electron chi connectivity index (χ3n) is 4.81. The van der Waals surface area contributed by atoms with Crippen LogP contribution in [0.5, 0.6) is 0 Å². The number of nitrogens with one attached hydrogen (secondary N) is 1. The number of piperazine rings is 1. The molecule has 1 saturated heterocycles. The van der Waals surface area contributed by atoms with E-state index >= 15 is 0 Å². The maximum atomic E-state index is 12.5. The second-order valence-electron chi connectivity index (χ2n) is 6.69. The maximum absolute atomic E-state index is 12.5. The molecule has 0 spiro atoms. The summed E-state index contributed by atoms with van der Waals surface area (Å²) < 4.78 is 5.19. The van der Waals surface area contributed by atoms with Crippen molar-refractivity contribution in [1.82, 2.24) is 20.2 Å². The van der Waals surface area contributed by atoms with E-state index in [1.165, 1.54) is 6.26 Å². The Labute approximate surface area is 168 Å². The van der Waals surface area contributed by atoms with E-state index in [4.69, 9.17) is 4.42 Å². The molecule has 1 aliphatic rings. The number of hydrogen-bond donors (Lipinski definition) is 1. The topological polar surface area (TPSA) is 91.6 Å². The molecule has 29 heavy (non-hydrogen) atoms. The number of carbonyl (C=O) groups is 2. The largest absolute Gasteiger partial charge is 0.459 e. The second-order valence-corrected chi connectivity index (χ2v) is 6.69. The Balaban J connectivity index is 1.35. The van der Waals surface area contributed by atoms with Gasteiger partial charge in [-0.25, -0.2) is 0 Å². The summed E-state index contributed by atoms with van der Waals surface area (Å²) in [7, 11) is 0. The number of pyridine rings is 2. The number of nitrogens with zero attached hydrogens (tertiary/aromatic N) is 4. The van der Waals surface area contributed by atoms with Gasteiger partial charge in [-0.05, 0) is 30.3 Å². The molecule has 0 aromatic carbocycles. The standard InChI is InChI=1S/C21H21N5O3/c27-20(24-14-17-4-1-2-6-23-17)16-12-18(15-22-13-16)25-7-9-26(10-8-25)21(28)19-5-3-11-29-19/h1-6,11-13,15H,7-10,14H2,(H,24,27). The number of amides is 2. The van der Waals surface area contributed by atoms with E-state index in [-0.39, 0.29) is 11.8 Å². The molecule has 3 aromatic heterocycles. The predicted octanol–water partition coefficient (Wildman–Crippen LogP) is 1.96. The third kappa shape index (κ3) is 4.43. The molecule has 3 aromatic rings. The quantitative estimate of drug-likeness (QED) is 0.715. The molecule has 0 bridgehead atoms. The SMILES string of the molecule is O=C(NCc1ccccn1)c1cncc(N2CCN(C(=O)c3ccco3)CC2)c1. The zero-order valence-corrected chi connectivity index (χ0v) is 15.8. The fourth-order valence-corrected chi connectivity index (χ4v) is 3.22. The average Bonchev–Trinajstić information content (AvgIpc) is 3.33. The molecule has 2 amide bonds. The molecule has 4 rings (SSSR count). The minimum absolute atomic E-state index is 0.101. The molecule has 0 atom stereocenters. The lowest BCUT2D eigenvalue weighted by Crippen LogP contribution is -2.48. The van der Waals surface area contributed by atoms with Crippen molar-refractivity contribution in [3.8, 4) is 0 Å². The highest BCUT2D eigenvalue weighted by Crippen LogP contribution is 2.18. The smallest absolute Gasteiger partial charge is 0.289 e. The van der Waals surface area contributed by atoms with E-state index in [9.17, 15) is 9.59 Å². The highest BCUT2D eigenvalue weighted by molar-refractivity contribution is 5.94. The van der Waals surface area contributed by atoms with Gasteiger partial charge in [0.1, 0.15) is 0 Å². The van der Waals surface area contributed by atoms with Gasteiger partial charge in [0, 0.05) is 38.6 Å². The van der Waals surface area contributed by atoms with E-state index in [0.29, 0.717) is 44.0 Å². The Morgan fingerprint density at radius 1 is 1.07 bits per heavy atom. The number of furan rings is 1. The summed E-state index contributed by atoms with van der Waals surface area (Å²) in [6, 6.07) is 10.8. The normalized spacial score (nSPS) is 13.9. The van der Waals surface area contributed by atoms with Crippen LogP contribution in [0.15, 0.2) is 65.7 Å². The van der Waals surface area contributed by atoms with Gasteiger partial charge >= 0.3 is 0 Å². The van der Waals surface area contributed by atoms with Crippen LogP contribution >= 0.6 is 0 Å². The van der Waals surface area contributed by atoms with Crippen molar-refractivity contribution in [1.29, 1.82) is 0 Å². The number of hydrogen-bond acceptors (Lipinski definition) is 6. The minimum atomic E-state index is -0.198. The zero-order valence-electron chi connectivity index (χ0n) is 15.8. The molecule has 0 radical (unpaired) electrons. The first-order valence-electron chi connectivity index (χ1n) is 9.41. The first-order chi connectivity index (χ1) is 14.2. The molecule has 0 unspecified atom stereocenters. The lowest BCUT2D eigenvalue weighted by molar-refractivity contribution is 0.0714. The van der Waals surface area contributed by atoms with Gasteiger partial charge in [-0.1, -0.05) is 6.07 Å². The summed E-state index contributed by atoms with van der Waals surface area (Å²) in [4.78, 5) is 37.1. The fraction of sp³-hybridized carbons (Fsp3) is 0.238. The van der Waals surface area contributed by atoms with Crippen LogP contribution in [0.1, 0.15) is 26.6 Å². The Morgan fingerprint density at radius 2 is 1.93 bits per heavy atom. The van der Waals surface area contributed by atoms with Crippen molar-refractivity contribution in [3.05, 3.63) is 78.3 Å². The van der Waals surface area contributed by atoms with Crippen molar-refractivity contribution >= 4 is 17.5 Å². The monoisotopic (exact) mass is 391 g/mol. The Kier molecular flexibility index (Phi) is 5.51. The van der Waals surface area contributed by atoms with Gasteiger partial charge in [0.25, 0.3) is 11.8 Å². The van der Waals surface area contributed by atoms with Crippen LogP contribution in [0.3, 0.4) is 0 Å². The van der Waals surface area contributed by atoms with E-state index in [1.54, 1.807) is 35.6 Å². The number of rotatable bonds is 5. The highest BCUT2D eigenvalue weighted by Gasteiger charge is 2.24. The molecule has 1 fully saturated rings. The summed E-state index contributed by atoms with van der Waals surface area (Å²) in [5.41, 5.74) is 2.15. The zero-order chi connectivity index (χ0) is 20.1. The van der Waals surface area contributed by atoms with E-state index < -0.39 is 0 Å². The van der Waals surface area contributed by atoms with Crippen molar-refractivity contribution in [3.63, 3.8) is 0 Å². The summed E-state index contributed by atoms with van der Waals surface area (Å²) in [6.07, 6.45) is 6.48. The first kappa shape index (κ1) is 18.7. The van der Waals surface area contributed by atoms with Crippen LogP contribution in [0.2, 0.25) is 0 Å². The lowest BCUT2D eigenvalue weighted by Gasteiger charge is -2.35. The van der Waals surface area contributed by atoms with Crippen molar-refractivity contribution in [2.24, 2.45) is 0 Å². The van der Waals surface area contributed by atoms with Gasteiger partial charge in [-0.3, -0.25) is 19.6 Å². The summed E-state index contributed by atoms with van der Waals surface area (Å²) in [6.45, 7) is 2.84. The third-order valence-corrected chi connectivity index (χ3v) is 4.81. The van der Waals surface area contributed by atoms with Gasteiger partial charge < -0.3 is 19.5 Å². The Hall–Kier alpha value is -3.68. The minimum Gasteiger partial charge on any atom is -0.459 e. The van der Waals surface area contributed by atoms with Crippen molar-refractivity contribution < 1.29 is 14.0 Å². The average molecular weight is 391 g/mol. The number of anilines is 1. The first-order valence-corrected chi connectivity index (χ1v) is 9.41. The molecule has 148 valence electrons. The predicted molar refractivity (Wildman–Crippen MR) is 106 cm³/mol. The molecular weight excluding hydrogens is 370 g/mol. The summed E-state index contributed by atoms with van der Waals surface area (Å²) >= 11 is 0. The second kappa shape index (κ2) is 8.55. The van der Waals surface area contributed by atoms with Crippen LogP contribution in [0.4, 0.5) is 5.69 Å². The van der Waals surface area contributed by atoms with Gasteiger partial charge in [0.05, 0.1) is 35.9 Å². The fourth-order valence-electron chi connectivity index (χ4n) is 3.22. The van der Waals surface area contributed by atoms with Gasteiger partial charge in [0.15, 0.2) is 5.76 Å². The van der Waals surface area contributed by atoms with Crippen LogP contribution < -0.4 is 10.2 Å². The highest BCUT2D eigenvalue weighted by atomic mass is 16.3. The molecule has 0 saturated carbocycles. The maximum Gasteiger partial charge on any atom is 0.289 e. The molecule has 1 N–H and O–H groups in total. The van der Waals surface area contributed by atoms with Gasteiger partial charge in [0.2, 0.25) is 0 Å². The summed E-state index contributed by atoms with van der Waals surface area (Å²) in [5, 5.41) is 2.86. The lowest BCUT2D eigenvalue weighted by atomic mass is 10.2. The van der Waals surface area contributed by atoms with Crippen LogP contribution in [0, 0.1) is 0 Å². The molecule has 8 heteroatoms. The van der Waals surface area contributed by atoms with E-state index in [1.807, 2.05) is 24.3 Å². The molecule has 1 aliphatic heterocycles. The van der Waals surface area contributed by atoms with E-state index in [2.05, 4.69) is 20.2 Å². The molecule has 8 nitrogen and oxygen atoms in total. The van der Waals surface area contributed by atoms with Crippen LogP contribution in [-0.2, 0) is 6.54 Å². The number of aromatic nitrogens is 2. The van der Waals surface area contributed by atoms with E-state index in [0.717, 1.165) is 11.4 Å². The van der Waals surface area contributed by atoms with Crippen molar-refractivity contribution in [2.75, 3.05) is 31.1 Å².